The van der Waals surface area contributed by atoms with E-state index in [4.69, 9.17) is 11.6 Å². The van der Waals surface area contributed by atoms with E-state index in [9.17, 15) is 18.4 Å². The zero-order valence-electron chi connectivity index (χ0n) is 22.2. The predicted octanol–water partition coefficient (Wildman–Crippen LogP) is 5.14. The zero-order chi connectivity index (χ0) is 27.9. The number of aryl methyl sites for hydroxylation is 2. The molecular formula is C27H33ClF2N6O2. The van der Waals surface area contributed by atoms with Crippen LogP contribution in [0.25, 0.3) is 10.9 Å². The van der Waals surface area contributed by atoms with Crippen molar-refractivity contribution in [2.24, 2.45) is 0 Å². The number of amides is 2. The van der Waals surface area contributed by atoms with Crippen LogP contribution in [0.3, 0.4) is 0 Å². The number of nitrogens with one attached hydrogen (secondary N) is 2. The van der Waals surface area contributed by atoms with E-state index in [-0.39, 0.29) is 29.1 Å². The summed E-state index contributed by atoms with van der Waals surface area (Å²) >= 11 is 6.49. The number of H-pyrrole nitrogens is 1. The van der Waals surface area contributed by atoms with E-state index in [1.165, 1.54) is 11.0 Å². The third kappa shape index (κ3) is 5.32. The number of imidazole rings is 1. The Bertz CT molecular complexity index is 1380. The lowest BCUT2D eigenvalue weighted by atomic mass is 9.86. The first-order chi connectivity index (χ1) is 17.8. The molecule has 0 radical (unpaired) electrons. The molecule has 11 heteroatoms. The summed E-state index contributed by atoms with van der Waals surface area (Å²) in [6, 6.07) is 3.24. The van der Waals surface area contributed by atoms with Gasteiger partial charge in [0.1, 0.15) is 17.2 Å². The Balaban J connectivity index is 1.61. The molecule has 0 bridgehead atoms. The van der Waals surface area contributed by atoms with Crippen molar-refractivity contribution in [1.29, 1.82) is 0 Å². The lowest BCUT2D eigenvalue weighted by Crippen LogP contribution is -2.60. The number of aromatic nitrogens is 4. The van der Waals surface area contributed by atoms with E-state index in [1.54, 1.807) is 4.57 Å². The van der Waals surface area contributed by atoms with Gasteiger partial charge in [-0.25, -0.2) is 13.8 Å². The molecule has 1 aliphatic rings. The molecular weight excluding hydrogens is 514 g/mol. The van der Waals surface area contributed by atoms with Gasteiger partial charge in [-0.05, 0) is 49.5 Å². The molecule has 0 spiro atoms. The van der Waals surface area contributed by atoms with Crippen LogP contribution in [0.2, 0.25) is 5.02 Å². The van der Waals surface area contributed by atoms with E-state index in [0.717, 1.165) is 22.2 Å². The van der Waals surface area contributed by atoms with Crippen LogP contribution >= 0.6 is 11.6 Å². The maximum Gasteiger partial charge on any atom is 0.282 e. The van der Waals surface area contributed by atoms with Gasteiger partial charge in [-0.2, -0.15) is 5.10 Å². The average Bonchev–Trinajstić information content (AvgIpc) is 3.39. The molecule has 8 nitrogen and oxygen atoms in total. The molecule has 4 rings (SSSR count). The van der Waals surface area contributed by atoms with Gasteiger partial charge >= 0.3 is 0 Å². The van der Waals surface area contributed by atoms with E-state index in [0.29, 0.717) is 36.8 Å². The molecule has 2 amide bonds. The van der Waals surface area contributed by atoms with Gasteiger partial charge in [-0.3, -0.25) is 14.7 Å². The number of nitrogens with zero attached hydrogens (tertiary/aromatic N) is 4. The van der Waals surface area contributed by atoms with Crippen LogP contribution < -0.4 is 5.32 Å². The summed E-state index contributed by atoms with van der Waals surface area (Å²) in [5, 5.41) is 11.7. The lowest BCUT2D eigenvalue weighted by Gasteiger charge is -2.39. The molecule has 0 atom stereocenters. The van der Waals surface area contributed by atoms with Gasteiger partial charge in [0.05, 0.1) is 11.6 Å². The minimum Gasteiger partial charge on any atom is -0.344 e. The van der Waals surface area contributed by atoms with Crippen LogP contribution in [0.4, 0.5) is 8.78 Å². The number of alkyl halides is 2. The highest BCUT2D eigenvalue weighted by atomic mass is 35.5. The maximum atomic E-state index is 14.1. The smallest absolute Gasteiger partial charge is 0.282 e. The summed E-state index contributed by atoms with van der Waals surface area (Å²) in [6.07, 6.45) is -0.939. The van der Waals surface area contributed by atoms with E-state index >= 15 is 0 Å². The van der Waals surface area contributed by atoms with Gasteiger partial charge < -0.3 is 14.8 Å². The van der Waals surface area contributed by atoms with Crippen LogP contribution in [0.5, 0.6) is 0 Å². The topological polar surface area (TPSA) is 95.9 Å². The monoisotopic (exact) mass is 546 g/mol. The summed E-state index contributed by atoms with van der Waals surface area (Å²) < 4.78 is 29.7. The van der Waals surface area contributed by atoms with Gasteiger partial charge in [-0.15, -0.1) is 0 Å². The number of halogens is 3. The third-order valence-electron chi connectivity index (χ3n) is 6.78. The fourth-order valence-electron chi connectivity index (χ4n) is 4.83. The Morgan fingerprint density at radius 3 is 2.53 bits per heavy atom. The van der Waals surface area contributed by atoms with Crippen molar-refractivity contribution >= 4 is 34.3 Å². The van der Waals surface area contributed by atoms with E-state index in [1.807, 2.05) is 26.0 Å². The number of hydrogen-bond acceptors (Lipinski definition) is 4. The predicted molar refractivity (Wildman–Crippen MR) is 143 cm³/mol. The highest BCUT2D eigenvalue weighted by Gasteiger charge is 2.34. The molecule has 1 aliphatic heterocycles. The molecule has 2 N–H and O–H groups in total. The Morgan fingerprint density at radius 2 is 1.95 bits per heavy atom. The first-order valence-electron chi connectivity index (χ1n) is 12.6. The SMILES string of the molecule is C=CC(=O)N1CC(NC(=O)c2c(C(F)F)nc(CCc3[nH]nc4cc(Cl)c(C(C)(C)C)cc34)n2C(C)C)C1. The Labute approximate surface area is 225 Å². The second-order valence-corrected chi connectivity index (χ2v) is 11.4. The molecule has 0 unspecified atom stereocenters. The van der Waals surface area contributed by atoms with Gasteiger partial charge in [0.15, 0.2) is 0 Å². The summed E-state index contributed by atoms with van der Waals surface area (Å²) in [4.78, 5) is 30.6. The second kappa shape index (κ2) is 10.5. The number of likely N-dealkylation sites (tertiary alicyclic amines) is 1. The van der Waals surface area contributed by atoms with Crippen molar-refractivity contribution in [1.82, 2.24) is 30.0 Å². The number of hydrogen-bond donors (Lipinski definition) is 2. The van der Waals surface area contributed by atoms with Gasteiger partial charge in [0, 0.05) is 41.7 Å². The Hall–Kier alpha value is -3.27. The molecule has 0 saturated carbocycles. The quantitative estimate of drug-likeness (QED) is 0.382. The minimum absolute atomic E-state index is 0.144. The number of rotatable bonds is 8. The van der Waals surface area contributed by atoms with E-state index in [2.05, 4.69) is 47.8 Å². The summed E-state index contributed by atoms with van der Waals surface area (Å²) in [5.74, 6) is -0.466. The van der Waals surface area contributed by atoms with Crippen molar-refractivity contribution in [3.63, 3.8) is 0 Å². The molecule has 3 aromatic rings. The van der Waals surface area contributed by atoms with Crippen LogP contribution in [0.1, 0.15) is 80.4 Å². The average molecular weight is 547 g/mol. The highest BCUT2D eigenvalue weighted by molar-refractivity contribution is 6.32. The Kier molecular flexibility index (Phi) is 7.65. The summed E-state index contributed by atoms with van der Waals surface area (Å²) in [6.45, 7) is 13.9. The van der Waals surface area contributed by atoms with E-state index < -0.39 is 18.0 Å². The van der Waals surface area contributed by atoms with Gasteiger partial charge in [0.25, 0.3) is 12.3 Å². The second-order valence-electron chi connectivity index (χ2n) is 10.9. The first kappa shape index (κ1) is 27.8. The fraction of sp³-hybridized carbons (Fsp3) is 0.481. The highest BCUT2D eigenvalue weighted by Crippen LogP contribution is 2.34. The number of carbonyl (C=O) groups is 2. The number of carbonyl (C=O) groups excluding carboxylic acids is 2. The maximum absolute atomic E-state index is 14.1. The number of benzene rings is 1. The first-order valence-corrected chi connectivity index (χ1v) is 13.0. The van der Waals surface area contributed by atoms with Crippen molar-refractivity contribution in [3.05, 3.63) is 58.3 Å². The Morgan fingerprint density at radius 1 is 1.26 bits per heavy atom. The molecule has 1 fully saturated rings. The van der Waals surface area contributed by atoms with Crippen molar-refractivity contribution < 1.29 is 18.4 Å². The molecule has 2 aromatic heterocycles. The third-order valence-corrected chi connectivity index (χ3v) is 7.09. The van der Waals surface area contributed by atoms with Crippen molar-refractivity contribution in [2.45, 2.75) is 71.4 Å². The van der Waals surface area contributed by atoms with Crippen LogP contribution in [-0.4, -0.2) is 55.6 Å². The molecule has 38 heavy (non-hydrogen) atoms. The minimum atomic E-state index is -2.92. The molecule has 1 aromatic carbocycles. The summed E-state index contributed by atoms with van der Waals surface area (Å²) in [7, 11) is 0. The van der Waals surface area contributed by atoms with Crippen LogP contribution in [0, 0.1) is 0 Å². The standard InChI is InChI=1S/C27H33ClF2N6O2/c1-7-22(37)35-12-15(13-35)31-26(38)24-23(25(29)30)32-21(36(24)14(2)3)9-8-19-16-10-17(27(4,5)6)18(28)11-20(16)34-33-19/h7,10-11,14-15,25H,1,8-9,12-13H2,2-6H3,(H,31,38)(H,33,34). The zero-order valence-corrected chi connectivity index (χ0v) is 23.0. The van der Waals surface area contributed by atoms with Crippen LogP contribution in [-0.2, 0) is 23.1 Å². The largest absolute Gasteiger partial charge is 0.344 e. The summed E-state index contributed by atoms with van der Waals surface area (Å²) in [5.41, 5.74) is 1.70. The lowest BCUT2D eigenvalue weighted by molar-refractivity contribution is -0.130. The molecule has 204 valence electrons. The van der Waals surface area contributed by atoms with Crippen molar-refractivity contribution in [2.75, 3.05) is 13.1 Å². The molecule has 0 aliphatic carbocycles. The molecule has 1 saturated heterocycles. The fourth-order valence-corrected chi connectivity index (χ4v) is 5.27. The number of aromatic amines is 1. The van der Waals surface area contributed by atoms with Gasteiger partial charge in [0.2, 0.25) is 5.91 Å². The van der Waals surface area contributed by atoms with Gasteiger partial charge in [-0.1, -0.05) is 39.0 Å². The number of fused-ring (bicyclic) bond motifs is 1. The normalized spacial score (nSPS) is 14.4. The van der Waals surface area contributed by atoms with Crippen LogP contribution in [0.15, 0.2) is 24.8 Å². The molecule has 3 heterocycles. The van der Waals surface area contributed by atoms with Crippen molar-refractivity contribution in [3.8, 4) is 0 Å².